The van der Waals surface area contributed by atoms with Crippen LogP contribution >= 0.6 is 0 Å². The SMILES string of the molecule is OC/C1=C/CC/C=C\CC1. The van der Waals surface area contributed by atoms with Crippen molar-refractivity contribution in [2.75, 3.05) is 6.61 Å². The van der Waals surface area contributed by atoms with Gasteiger partial charge in [-0.1, -0.05) is 18.2 Å². The van der Waals surface area contributed by atoms with Crippen molar-refractivity contribution in [2.24, 2.45) is 0 Å². The number of allylic oxidation sites excluding steroid dienone is 3. The van der Waals surface area contributed by atoms with E-state index >= 15 is 0 Å². The summed E-state index contributed by atoms with van der Waals surface area (Å²) in [6.07, 6.45) is 10.9. The molecule has 0 radical (unpaired) electrons. The lowest BCUT2D eigenvalue weighted by molar-refractivity contribution is 0.326. The molecule has 0 spiro atoms. The molecule has 0 unspecified atom stereocenters. The molecular formula is C9H14O. The van der Waals surface area contributed by atoms with Crippen LogP contribution in [0.15, 0.2) is 23.8 Å². The molecule has 0 aromatic heterocycles. The highest BCUT2D eigenvalue weighted by atomic mass is 16.3. The fourth-order valence-electron chi connectivity index (χ4n) is 1.13. The van der Waals surface area contributed by atoms with Gasteiger partial charge in [-0.2, -0.15) is 0 Å². The van der Waals surface area contributed by atoms with E-state index in [1.165, 1.54) is 5.57 Å². The summed E-state index contributed by atoms with van der Waals surface area (Å²) < 4.78 is 0. The third-order valence-corrected chi connectivity index (χ3v) is 1.77. The molecule has 10 heavy (non-hydrogen) atoms. The molecule has 0 amide bonds. The average molecular weight is 138 g/mol. The van der Waals surface area contributed by atoms with Gasteiger partial charge in [-0.3, -0.25) is 0 Å². The first kappa shape index (κ1) is 7.55. The summed E-state index contributed by atoms with van der Waals surface area (Å²) in [7, 11) is 0. The molecule has 56 valence electrons. The van der Waals surface area contributed by atoms with Gasteiger partial charge in [0.25, 0.3) is 0 Å². The van der Waals surface area contributed by atoms with Gasteiger partial charge in [0.05, 0.1) is 6.61 Å². The molecule has 0 aliphatic heterocycles. The second kappa shape index (κ2) is 4.29. The number of hydrogen-bond donors (Lipinski definition) is 1. The van der Waals surface area contributed by atoms with E-state index < -0.39 is 0 Å². The summed E-state index contributed by atoms with van der Waals surface area (Å²) in [5.74, 6) is 0. The Morgan fingerprint density at radius 2 is 2.00 bits per heavy atom. The Morgan fingerprint density at radius 1 is 1.20 bits per heavy atom. The van der Waals surface area contributed by atoms with E-state index in [1.54, 1.807) is 0 Å². The highest BCUT2D eigenvalue weighted by Gasteiger charge is 1.95. The highest BCUT2D eigenvalue weighted by molar-refractivity contribution is 5.06. The summed E-state index contributed by atoms with van der Waals surface area (Å²) in [5.41, 5.74) is 1.20. The third kappa shape index (κ3) is 2.36. The monoisotopic (exact) mass is 138 g/mol. The van der Waals surface area contributed by atoms with Crippen LogP contribution < -0.4 is 0 Å². The molecule has 1 heteroatoms. The van der Waals surface area contributed by atoms with Crippen LogP contribution in [0.1, 0.15) is 25.7 Å². The predicted molar refractivity (Wildman–Crippen MR) is 42.8 cm³/mol. The minimum Gasteiger partial charge on any atom is -0.392 e. The highest BCUT2D eigenvalue weighted by Crippen LogP contribution is 2.10. The third-order valence-electron chi connectivity index (χ3n) is 1.77. The predicted octanol–water partition coefficient (Wildman–Crippen LogP) is 2.04. The quantitative estimate of drug-likeness (QED) is 0.550. The lowest BCUT2D eigenvalue weighted by atomic mass is 10.1. The van der Waals surface area contributed by atoms with Gasteiger partial charge in [0.15, 0.2) is 0 Å². The summed E-state index contributed by atoms with van der Waals surface area (Å²) in [6, 6.07) is 0. The molecule has 0 heterocycles. The van der Waals surface area contributed by atoms with E-state index in [-0.39, 0.29) is 6.61 Å². The Hall–Kier alpha value is -0.560. The lowest BCUT2D eigenvalue weighted by Gasteiger charge is -2.03. The van der Waals surface area contributed by atoms with Crippen LogP contribution in [0, 0.1) is 0 Å². The second-order valence-electron chi connectivity index (χ2n) is 2.61. The number of hydrogen-bond acceptors (Lipinski definition) is 1. The van der Waals surface area contributed by atoms with Crippen LogP contribution in [0.4, 0.5) is 0 Å². The molecule has 1 aliphatic rings. The van der Waals surface area contributed by atoms with Crippen molar-refractivity contribution in [1.82, 2.24) is 0 Å². The fraction of sp³-hybridized carbons (Fsp3) is 0.556. The van der Waals surface area contributed by atoms with Gasteiger partial charge in [0.2, 0.25) is 0 Å². The summed E-state index contributed by atoms with van der Waals surface area (Å²) in [6.45, 7) is 0.244. The van der Waals surface area contributed by atoms with E-state index in [1.807, 2.05) is 0 Å². The van der Waals surface area contributed by atoms with Crippen LogP contribution in [0.5, 0.6) is 0 Å². The van der Waals surface area contributed by atoms with Crippen molar-refractivity contribution >= 4 is 0 Å². The van der Waals surface area contributed by atoms with Gasteiger partial charge in [-0.05, 0) is 31.3 Å². The molecule has 0 saturated heterocycles. The Balaban J connectivity index is 2.41. The largest absolute Gasteiger partial charge is 0.392 e. The van der Waals surface area contributed by atoms with E-state index in [4.69, 9.17) is 5.11 Å². The van der Waals surface area contributed by atoms with Crippen LogP contribution in [0.3, 0.4) is 0 Å². The molecular weight excluding hydrogens is 124 g/mol. The summed E-state index contributed by atoms with van der Waals surface area (Å²) in [4.78, 5) is 0. The second-order valence-corrected chi connectivity index (χ2v) is 2.61. The first-order valence-electron chi connectivity index (χ1n) is 3.87. The molecule has 1 nitrogen and oxygen atoms in total. The first-order valence-corrected chi connectivity index (χ1v) is 3.87. The maximum atomic E-state index is 8.82. The molecule has 0 fully saturated rings. The molecule has 0 atom stereocenters. The van der Waals surface area contributed by atoms with E-state index in [2.05, 4.69) is 18.2 Å². The molecule has 1 N–H and O–H groups in total. The van der Waals surface area contributed by atoms with Gasteiger partial charge < -0.3 is 5.11 Å². The van der Waals surface area contributed by atoms with Crippen molar-refractivity contribution in [1.29, 1.82) is 0 Å². The van der Waals surface area contributed by atoms with Gasteiger partial charge in [-0.15, -0.1) is 0 Å². The standard InChI is InChI=1S/C9H14O/c10-8-9-6-4-2-1-3-5-7-9/h1-2,7,10H,3-6,8H2/b2-1-,9-7+. The van der Waals surface area contributed by atoms with Crippen LogP contribution in [-0.2, 0) is 0 Å². The van der Waals surface area contributed by atoms with E-state index in [9.17, 15) is 0 Å². The number of aliphatic hydroxyl groups is 1. The Labute approximate surface area is 62.1 Å². The summed E-state index contributed by atoms with van der Waals surface area (Å²) >= 11 is 0. The van der Waals surface area contributed by atoms with Crippen LogP contribution in [0.25, 0.3) is 0 Å². The molecule has 0 bridgehead atoms. The Bertz CT molecular complexity index is 145. The fourth-order valence-corrected chi connectivity index (χ4v) is 1.13. The lowest BCUT2D eigenvalue weighted by Crippen LogP contribution is -1.91. The topological polar surface area (TPSA) is 20.2 Å². The van der Waals surface area contributed by atoms with Gasteiger partial charge >= 0.3 is 0 Å². The zero-order chi connectivity index (χ0) is 7.23. The molecule has 0 aromatic carbocycles. The van der Waals surface area contributed by atoms with Gasteiger partial charge in [0, 0.05) is 0 Å². The van der Waals surface area contributed by atoms with E-state index in [0.717, 1.165) is 25.7 Å². The molecule has 0 aromatic rings. The van der Waals surface area contributed by atoms with Crippen LogP contribution in [-0.4, -0.2) is 11.7 Å². The zero-order valence-corrected chi connectivity index (χ0v) is 6.21. The van der Waals surface area contributed by atoms with Crippen molar-refractivity contribution in [3.63, 3.8) is 0 Å². The van der Waals surface area contributed by atoms with Crippen molar-refractivity contribution in [3.05, 3.63) is 23.8 Å². The molecule has 1 rings (SSSR count). The maximum Gasteiger partial charge on any atom is 0.0641 e. The van der Waals surface area contributed by atoms with Crippen molar-refractivity contribution in [2.45, 2.75) is 25.7 Å². The van der Waals surface area contributed by atoms with Crippen LogP contribution in [0.2, 0.25) is 0 Å². The molecule has 1 aliphatic carbocycles. The van der Waals surface area contributed by atoms with E-state index in [0.29, 0.717) is 0 Å². The minimum atomic E-state index is 0.244. The first-order chi connectivity index (χ1) is 4.93. The number of rotatable bonds is 1. The summed E-state index contributed by atoms with van der Waals surface area (Å²) in [5, 5.41) is 8.82. The smallest absolute Gasteiger partial charge is 0.0641 e. The number of aliphatic hydroxyl groups excluding tert-OH is 1. The minimum absolute atomic E-state index is 0.244. The Morgan fingerprint density at radius 3 is 2.80 bits per heavy atom. The zero-order valence-electron chi connectivity index (χ0n) is 6.21. The Kier molecular flexibility index (Phi) is 3.23. The van der Waals surface area contributed by atoms with Gasteiger partial charge in [0.1, 0.15) is 0 Å². The molecule has 0 saturated carbocycles. The normalized spacial score (nSPS) is 27.9. The average Bonchev–Trinajstić information content (AvgIpc) is 1.87. The maximum absolute atomic E-state index is 8.82. The van der Waals surface area contributed by atoms with Gasteiger partial charge in [-0.25, -0.2) is 0 Å². The van der Waals surface area contributed by atoms with Crippen molar-refractivity contribution < 1.29 is 5.11 Å². The van der Waals surface area contributed by atoms with Crippen molar-refractivity contribution in [3.8, 4) is 0 Å².